The summed E-state index contributed by atoms with van der Waals surface area (Å²) < 4.78 is 0. The minimum atomic E-state index is 0.105. The Morgan fingerprint density at radius 1 is 1.36 bits per heavy atom. The summed E-state index contributed by atoms with van der Waals surface area (Å²) in [5.74, 6) is 0.105. The van der Waals surface area contributed by atoms with Crippen molar-refractivity contribution in [3.8, 4) is 0 Å². The number of rotatable bonds is 4. The third-order valence-corrected chi connectivity index (χ3v) is 1.96. The third kappa shape index (κ3) is 3.02. The highest BCUT2D eigenvalue weighted by molar-refractivity contribution is 5.97. The number of allylic oxidation sites excluding steroid dienone is 2. The van der Waals surface area contributed by atoms with Crippen LogP contribution in [0.5, 0.6) is 0 Å². The van der Waals surface area contributed by atoms with Gasteiger partial charge in [0.1, 0.15) is 0 Å². The Balaban J connectivity index is 2.93. The summed E-state index contributed by atoms with van der Waals surface area (Å²) in [7, 11) is 0. The molecule has 0 amide bonds. The maximum atomic E-state index is 11.2. The first kappa shape index (κ1) is 10.5. The van der Waals surface area contributed by atoms with Crippen molar-refractivity contribution < 1.29 is 4.79 Å². The molecule has 0 radical (unpaired) electrons. The van der Waals surface area contributed by atoms with E-state index >= 15 is 0 Å². The topological polar surface area (TPSA) is 17.1 Å². The van der Waals surface area contributed by atoms with Gasteiger partial charge in [-0.05, 0) is 30.6 Å². The van der Waals surface area contributed by atoms with E-state index in [1.807, 2.05) is 36.4 Å². The molecule has 0 heterocycles. The van der Waals surface area contributed by atoms with E-state index in [2.05, 4.69) is 6.58 Å². The van der Waals surface area contributed by atoms with Crippen LogP contribution in [0, 0.1) is 0 Å². The lowest BCUT2D eigenvalue weighted by Gasteiger charge is -1.99. The lowest BCUT2D eigenvalue weighted by Crippen LogP contribution is -1.94. The first-order valence-corrected chi connectivity index (χ1v) is 4.61. The molecule has 1 aromatic rings. The van der Waals surface area contributed by atoms with Gasteiger partial charge >= 0.3 is 0 Å². The molecule has 0 fully saturated rings. The quantitative estimate of drug-likeness (QED) is 0.521. The standard InChI is InChI=1S/C13H14O/c1-3-7-13(11(2)14)10-12-8-5-4-6-9-12/h3-6,8-10H,1,7H2,2H3/b13-10+. The normalized spacial score (nSPS) is 11.1. The monoisotopic (exact) mass is 186 g/mol. The molecule has 0 aliphatic carbocycles. The maximum absolute atomic E-state index is 11.2. The van der Waals surface area contributed by atoms with Crippen molar-refractivity contribution >= 4 is 11.9 Å². The lowest BCUT2D eigenvalue weighted by molar-refractivity contribution is -0.113. The summed E-state index contributed by atoms with van der Waals surface area (Å²) in [6.45, 7) is 5.21. The smallest absolute Gasteiger partial charge is 0.156 e. The molecule has 0 spiro atoms. The van der Waals surface area contributed by atoms with Gasteiger partial charge < -0.3 is 0 Å². The van der Waals surface area contributed by atoms with Gasteiger partial charge in [0.15, 0.2) is 5.78 Å². The zero-order valence-corrected chi connectivity index (χ0v) is 8.36. The van der Waals surface area contributed by atoms with Gasteiger partial charge in [-0.3, -0.25) is 4.79 Å². The maximum Gasteiger partial charge on any atom is 0.156 e. The van der Waals surface area contributed by atoms with Gasteiger partial charge in [-0.15, -0.1) is 6.58 Å². The first-order chi connectivity index (χ1) is 6.74. The molecule has 0 N–H and O–H groups in total. The van der Waals surface area contributed by atoms with Crippen LogP contribution in [0.3, 0.4) is 0 Å². The molecule has 1 rings (SSSR count). The van der Waals surface area contributed by atoms with E-state index in [9.17, 15) is 4.79 Å². The van der Waals surface area contributed by atoms with E-state index in [-0.39, 0.29) is 5.78 Å². The van der Waals surface area contributed by atoms with Crippen LogP contribution in [-0.2, 0) is 4.79 Å². The average Bonchev–Trinajstić information content (AvgIpc) is 2.18. The highest BCUT2D eigenvalue weighted by Gasteiger charge is 2.00. The predicted molar refractivity (Wildman–Crippen MR) is 59.9 cm³/mol. The molecule has 0 aliphatic heterocycles. The van der Waals surface area contributed by atoms with Gasteiger partial charge in [-0.1, -0.05) is 36.4 Å². The van der Waals surface area contributed by atoms with E-state index in [0.717, 1.165) is 11.1 Å². The molecule has 72 valence electrons. The largest absolute Gasteiger partial charge is 0.295 e. The van der Waals surface area contributed by atoms with Crippen molar-refractivity contribution in [1.82, 2.24) is 0 Å². The zero-order valence-electron chi connectivity index (χ0n) is 8.36. The van der Waals surface area contributed by atoms with Crippen LogP contribution in [0.25, 0.3) is 6.08 Å². The molecule has 0 aromatic heterocycles. The molecule has 0 saturated carbocycles. The number of benzene rings is 1. The number of ketones is 1. The third-order valence-electron chi connectivity index (χ3n) is 1.96. The summed E-state index contributed by atoms with van der Waals surface area (Å²) in [6.07, 6.45) is 4.28. The van der Waals surface area contributed by atoms with Crippen molar-refractivity contribution in [2.24, 2.45) is 0 Å². The van der Waals surface area contributed by atoms with Gasteiger partial charge in [0, 0.05) is 0 Å². The van der Waals surface area contributed by atoms with Crippen LogP contribution in [0.4, 0.5) is 0 Å². The molecule has 14 heavy (non-hydrogen) atoms. The van der Waals surface area contributed by atoms with Crippen LogP contribution in [0.1, 0.15) is 18.9 Å². The summed E-state index contributed by atoms with van der Waals surface area (Å²) in [5, 5.41) is 0. The fourth-order valence-corrected chi connectivity index (χ4v) is 1.21. The second-order valence-electron chi connectivity index (χ2n) is 3.13. The second-order valence-corrected chi connectivity index (χ2v) is 3.13. The predicted octanol–water partition coefficient (Wildman–Crippen LogP) is 3.24. The van der Waals surface area contributed by atoms with Crippen molar-refractivity contribution in [1.29, 1.82) is 0 Å². The molecule has 0 bridgehead atoms. The fraction of sp³-hybridized carbons (Fsp3) is 0.154. The Bertz CT molecular complexity index is 347. The van der Waals surface area contributed by atoms with Gasteiger partial charge in [0.05, 0.1) is 0 Å². The van der Waals surface area contributed by atoms with E-state index in [4.69, 9.17) is 0 Å². The second kappa shape index (κ2) is 5.18. The summed E-state index contributed by atoms with van der Waals surface area (Å²) in [5.41, 5.74) is 1.85. The molecule has 0 atom stereocenters. The van der Waals surface area contributed by atoms with E-state index in [1.54, 1.807) is 13.0 Å². The van der Waals surface area contributed by atoms with Crippen molar-refractivity contribution in [2.75, 3.05) is 0 Å². The molecule has 0 aliphatic rings. The van der Waals surface area contributed by atoms with Crippen LogP contribution in [0.15, 0.2) is 48.6 Å². The Morgan fingerprint density at radius 2 is 2.00 bits per heavy atom. The van der Waals surface area contributed by atoms with E-state index < -0.39 is 0 Å². The van der Waals surface area contributed by atoms with Crippen LogP contribution < -0.4 is 0 Å². The van der Waals surface area contributed by atoms with Gasteiger partial charge in [0.25, 0.3) is 0 Å². The van der Waals surface area contributed by atoms with Crippen molar-refractivity contribution in [2.45, 2.75) is 13.3 Å². The first-order valence-electron chi connectivity index (χ1n) is 4.61. The average molecular weight is 186 g/mol. The number of carbonyl (C=O) groups excluding carboxylic acids is 1. The minimum Gasteiger partial charge on any atom is -0.295 e. The van der Waals surface area contributed by atoms with Crippen LogP contribution in [0.2, 0.25) is 0 Å². The van der Waals surface area contributed by atoms with Crippen molar-refractivity contribution in [3.63, 3.8) is 0 Å². The molecule has 1 heteroatoms. The van der Waals surface area contributed by atoms with Gasteiger partial charge in [0.2, 0.25) is 0 Å². The number of carbonyl (C=O) groups is 1. The minimum absolute atomic E-state index is 0.105. The summed E-state index contributed by atoms with van der Waals surface area (Å²) in [6, 6.07) is 9.82. The summed E-state index contributed by atoms with van der Waals surface area (Å²) >= 11 is 0. The molecular formula is C13H14O. The molecule has 0 saturated heterocycles. The van der Waals surface area contributed by atoms with Crippen LogP contribution in [-0.4, -0.2) is 5.78 Å². The SMILES string of the molecule is C=CC/C(=C\c1ccccc1)C(C)=O. The molecule has 0 unspecified atom stereocenters. The Kier molecular flexibility index (Phi) is 3.86. The highest BCUT2D eigenvalue weighted by Crippen LogP contribution is 2.10. The number of Topliss-reactive ketones (excluding diaryl/α,β-unsaturated/α-hetero) is 1. The van der Waals surface area contributed by atoms with E-state index in [0.29, 0.717) is 6.42 Å². The molecule has 1 nitrogen and oxygen atoms in total. The Hall–Kier alpha value is -1.63. The van der Waals surface area contributed by atoms with Crippen molar-refractivity contribution in [3.05, 3.63) is 54.1 Å². The Morgan fingerprint density at radius 3 is 2.50 bits per heavy atom. The van der Waals surface area contributed by atoms with Gasteiger partial charge in [-0.2, -0.15) is 0 Å². The summed E-state index contributed by atoms with van der Waals surface area (Å²) in [4.78, 5) is 11.2. The molecule has 1 aromatic carbocycles. The highest BCUT2D eigenvalue weighted by atomic mass is 16.1. The Labute approximate surface area is 84.8 Å². The fourth-order valence-electron chi connectivity index (χ4n) is 1.21. The van der Waals surface area contributed by atoms with Crippen LogP contribution >= 0.6 is 0 Å². The number of hydrogen-bond donors (Lipinski definition) is 0. The lowest BCUT2D eigenvalue weighted by atomic mass is 10.1. The van der Waals surface area contributed by atoms with Gasteiger partial charge in [-0.25, -0.2) is 0 Å². The zero-order chi connectivity index (χ0) is 10.4. The molecular weight excluding hydrogens is 172 g/mol. The van der Waals surface area contributed by atoms with E-state index in [1.165, 1.54) is 0 Å². The number of hydrogen-bond acceptors (Lipinski definition) is 1.